The molecule has 0 saturated carbocycles. The number of aromatic nitrogens is 2. The summed E-state index contributed by atoms with van der Waals surface area (Å²) in [6.07, 6.45) is 10.0. The minimum Gasteiger partial charge on any atom is -0.457 e. The summed E-state index contributed by atoms with van der Waals surface area (Å²) in [6, 6.07) is 25.7. The van der Waals surface area contributed by atoms with Gasteiger partial charge in [-0.25, -0.2) is 4.68 Å². The standard InChI is InChI=1S/C37H30ClN3O2/c1-37(2)20-30-33(31(42)21-37)32(23-9-6-12-27(18-23)43-26-16-14-24(38)15-17-26)34-35(28-13-7-8-22-19-29(22)28)40-41(36(34)39-30)25-10-4-3-5-11-25/h3-19,22,32,39H,20-21H2,1-2H3/t22-,32?/m1/s1. The fraction of sp³-hybridized carbons (Fsp3) is 0.189. The van der Waals surface area contributed by atoms with Gasteiger partial charge < -0.3 is 10.1 Å². The van der Waals surface area contributed by atoms with E-state index in [1.54, 1.807) is 0 Å². The molecule has 8 rings (SSSR count). The van der Waals surface area contributed by atoms with Crippen molar-refractivity contribution in [2.75, 3.05) is 5.32 Å². The van der Waals surface area contributed by atoms with Crippen LogP contribution in [-0.2, 0) is 4.79 Å². The largest absolute Gasteiger partial charge is 0.457 e. The van der Waals surface area contributed by atoms with Gasteiger partial charge >= 0.3 is 0 Å². The summed E-state index contributed by atoms with van der Waals surface area (Å²) in [6.45, 7) is 4.33. The van der Waals surface area contributed by atoms with Crippen LogP contribution in [0, 0.1) is 11.3 Å². The molecule has 43 heavy (non-hydrogen) atoms. The van der Waals surface area contributed by atoms with Gasteiger partial charge in [0.2, 0.25) is 0 Å². The molecular formula is C37H30ClN3O2. The normalized spacial score (nSPS) is 21.2. The number of halogens is 1. The third-order valence-corrected chi connectivity index (χ3v) is 8.94. The van der Waals surface area contributed by atoms with Crippen LogP contribution in [0.1, 0.15) is 49.4 Å². The first kappa shape index (κ1) is 26.1. The van der Waals surface area contributed by atoms with Crippen LogP contribution in [0.25, 0.3) is 11.3 Å². The second-order valence-corrected chi connectivity index (χ2v) is 12.9. The quantitative estimate of drug-likeness (QED) is 0.255. The average molecular weight is 584 g/mol. The van der Waals surface area contributed by atoms with Gasteiger partial charge in [-0.3, -0.25) is 4.79 Å². The number of ether oxygens (including phenoxy) is 1. The summed E-state index contributed by atoms with van der Waals surface area (Å²) in [4.78, 5) is 14.1. The zero-order chi connectivity index (χ0) is 29.3. The molecule has 5 nitrogen and oxygen atoms in total. The van der Waals surface area contributed by atoms with Crippen molar-refractivity contribution < 1.29 is 9.53 Å². The van der Waals surface area contributed by atoms with Gasteiger partial charge in [-0.1, -0.05) is 80.1 Å². The number of benzene rings is 3. The van der Waals surface area contributed by atoms with Gasteiger partial charge in [0.25, 0.3) is 0 Å². The van der Waals surface area contributed by atoms with Crippen molar-refractivity contribution in [2.45, 2.75) is 32.6 Å². The molecule has 4 aromatic rings. The molecular weight excluding hydrogens is 554 g/mol. The van der Waals surface area contributed by atoms with Crippen LogP contribution in [0.5, 0.6) is 11.5 Å². The number of para-hydroxylation sites is 1. The first-order valence-corrected chi connectivity index (χ1v) is 15.1. The van der Waals surface area contributed by atoms with Gasteiger partial charge in [0.1, 0.15) is 17.3 Å². The zero-order valence-corrected chi connectivity index (χ0v) is 24.7. The van der Waals surface area contributed by atoms with Crippen molar-refractivity contribution in [3.63, 3.8) is 0 Å². The van der Waals surface area contributed by atoms with Gasteiger partial charge in [-0.05, 0) is 71.5 Å². The minimum atomic E-state index is -0.305. The molecule has 3 aromatic carbocycles. The first-order valence-electron chi connectivity index (χ1n) is 14.7. The van der Waals surface area contributed by atoms with E-state index in [4.69, 9.17) is 21.4 Å². The summed E-state index contributed by atoms with van der Waals surface area (Å²) in [5, 5.41) is 9.69. The highest BCUT2D eigenvalue weighted by Crippen LogP contribution is 2.54. The highest BCUT2D eigenvalue weighted by molar-refractivity contribution is 6.30. The smallest absolute Gasteiger partial charge is 0.162 e. The summed E-state index contributed by atoms with van der Waals surface area (Å²) < 4.78 is 8.28. The Kier molecular flexibility index (Phi) is 5.89. The number of anilines is 1. The Balaban J connectivity index is 1.34. The monoisotopic (exact) mass is 583 g/mol. The molecule has 1 aliphatic heterocycles. The molecule has 0 bridgehead atoms. The van der Waals surface area contributed by atoms with Crippen LogP contribution in [0.2, 0.25) is 5.02 Å². The van der Waals surface area contributed by atoms with Crippen molar-refractivity contribution in [2.24, 2.45) is 11.3 Å². The topological polar surface area (TPSA) is 56.2 Å². The molecule has 1 N–H and O–H groups in total. The van der Waals surface area contributed by atoms with E-state index in [0.29, 0.717) is 28.9 Å². The lowest BCUT2D eigenvalue weighted by atomic mass is 9.68. The SMILES string of the molecule is CC1(C)CC(=O)C2=C(C1)Nc1c(c(C3=CC=C[C@@H]4C=C34)nn1-c1ccccc1)C2c1cccc(Oc2ccc(Cl)cc2)c1. The van der Waals surface area contributed by atoms with E-state index < -0.39 is 0 Å². The maximum atomic E-state index is 14.1. The molecule has 0 amide bonds. The number of rotatable bonds is 5. The molecule has 1 unspecified atom stereocenters. The van der Waals surface area contributed by atoms with E-state index in [1.165, 1.54) is 5.57 Å². The van der Waals surface area contributed by atoms with E-state index in [-0.39, 0.29) is 17.1 Å². The number of hydrogen-bond acceptors (Lipinski definition) is 4. The summed E-state index contributed by atoms with van der Waals surface area (Å²) in [7, 11) is 0. The molecule has 0 saturated heterocycles. The lowest BCUT2D eigenvalue weighted by molar-refractivity contribution is -0.118. The molecule has 0 fully saturated rings. The van der Waals surface area contributed by atoms with Gasteiger partial charge in [-0.15, -0.1) is 0 Å². The highest BCUT2D eigenvalue weighted by Gasteiger charge is 2.45. The second kappa shape index (κ2) is 9.72. The van der Waals surface area contributed by atoms with Crippen LogP contribution < -0.4 is 10.1 Å². The van der Waals surface area contributed by atoms with Crippen molar-refractivity contribution in [3.8, 4) is 17.2 Å². The highest BCUT2D eigenvalue weighted by atomic mass is 35.5. The molecule has 0 spiro atoms. The van der Waals surface area contributed by atoms with Gasteiger partial charge in [0, 0.05) is 45.7 Å². The molecule has 0 radical (unpaired) electrons. The number of nitrogens with one attached hydrogen (secondary N) is 1. The lowest BCUT2D eigenvalue weighted by Crippen LogP contribution is -2.34. The number of hydrogen-bond donors (Lipinski definition) is 1. The van der Waals surface area contributed by atoms with Gasteiger partial charge in [0.05, 0.1) is 11.4 Å². The average Bonchev–Trinajstić information content (AvgIpc) is 3.70. The summed E-state index contributed by atoms with van der Waals surface area (Å²) >= 11 is 6.11. The number of fused-ring (bicyclic) bond motifs is 2. The molecule has 6 heteroatoms. The van der Waals surface area contributed by atoms with Crippen molar-refractivity contribution in [1.29, 1.82) is 0 Å². The molecule has 2 atom stereocenters. The Morgan fingerprint density at radius 1 is 0.977 bits per heavy atom. The van der Waals surface area contributed by atoms with Crippen molar-refractivity contribution in [3.05, 3.63) is 142 Å². The van der Waals surface area contributed by atoms with E-state index in [1.807, 2.05) is 59.3 Å². The van der Waals surface area contributed by atoms with E-state index >= 15 is 0 Å². The predicted octanol–water partition coefficient (Wildman–Crippen LogP) is 9.03. The van der Waals surface area contributed by atoms with Crippen molar-refractivity contribution >= 4 is 28.8 Å². The number of carbonyl (C=O) groups is 1. The minimum absolute atomic E-state index is 0.145. The first-order chi connectivity index (χ1) is 20.8. The van der Waals surface area contributed by atoms with Crippen LogP contribution in [0.4, 0.5) is 5.82 Å². The Morgan fingerprint density at radius 3 is 2.60 bits per heavy atom. The number of carbonyl (C=O) groups excluding carboxylic acids is 1. The van der Waals surface area contributed by atoms with Gasteiger partial charge in [0.15, 0.2) is 5.78 Å². The van der Waals surface area contributed by atoms with Crippen LogP contribution in [0.3, 0.4) is 0 Å². The Bertz CT molecular complexity index is 1930. The van der Waals surface area contributed by atoms with Gasteiger partial charge in [-0.2, -0.15) is 5.10 Å². The fourth-order valence-electron chi connectivity index (χ4n) is 6.73. The Hall–Kier alpha value is -4.61. The summed E-state index contributed by atoms with van der Waals surface area (Å²) in [5.74, 6) is 2.54. The Morgan fingerprint density at radius 2 is 1.79 bits per heavy atom. The maximum Gasteiger partial charge on any atom is 0.162 e. The fourth-order valence-corrected chi connectivity index (χ4v) is 6.86. The number of ketones is 1. The molecule has 3 aliphatic carbocycles. The van der Waals surface area contributed by atoms with E-state index in [0.717, 1.165) is 51.6 Å². The number of nitrogens with zero attached hydrogens (tertiary/aromatic N) is 2. The lowest BCUT2D eigenvalue weighted by Gasteiger charge is -2.39. The molecule has 1 aromatic heterocycles. The zero-order valence-electron chi connectivity index (χ0n) is 24.0. The summed E-state index contributed by atoms with van der Waals surface area (Å²) in [5.41, 5.74) is 7.96. The number of Topliss-reactive ketones (excluding diaryl/α,β-unsaturated/α-hetero) is 1. The maximum absolute atomic E-state index is 14.1. The van der Waals surface area contributed by atoms with Crippen LogP contribution in [0.15, 0.2) is 120 Å². The van der Waals surface area contributed by atoms with E-state index in [9.17, 15) is 4.79 Å². The van der Waals surface area contributed by atoms with E-state index in [2.05, 4.69) is 67.7 Å². The third-order valence-electron chi connectivity index (χ3n) is 8.69. The molecule has 2 heterocycles. The number of allylic oxidation sites excluding steroid dienone is 8. The molecule has 4 aliphatic rings. The predicted molar refractivity (Wildman–Crippen MR) is 171 cm³/mol. The Labute approximate surface area is 255 Å². The van der Waals surface area contributed by atoms with Crippen LogP contribution >= 0.6 is 11.6 Å². The van der Waals surface area contributed by atoms with Crippen molar-refractivity contribution in [1.82, 2.24) is 9.78 Å². The molecule has 212 valence electrons. The third kappa shape index (κ3) is 4.56. The van der Waals surface area contributed by atoms with Crippen LogP contribution in [-0.4, -0.2) is 15.6 Å². The second-order valence-electron chi connectivity index (χ2n) is 12.5.